The molecule has 0 atom stereocenters. The van der Waals surface area contributed by atoms with Crippen LogP contribution in [0.1, 0.15) is 40.5 Å². The summed E-state index contributed by atoms with van der Waals surface area (Å²) in [6, 6.07) is 0. The minimum absolute atomic E-state index is 0.0470. The second-order valence-corrected chi connectivity index (χ2v) is 2.74. The van der Waals surface area contributed by atoms with Crippen molar-refractivity contribution in [3.8, 4) is 0 Å². The van der Waals surface area contributed by atoms with Crippen LogP contribution in [-0.2, 0) is 9.53 Å². The smallest absolute Gasteiger partial charge is 0.246 e. The van der Waals surface area contributed by atoms with Gasteiger partial charge in [-0.2, -0.15) is 0 Å². The summed E-state index contributed by atoms with van der Waals surface area (Å²) in [4.78, 5) is 11.0. The summed E-state index contributed by atoms with van der Waals surface area (Å²) in [7, 11) is 0. The van der Waals surface area contributed by atoms with E-state index in [1.807, 2.05) is 32.9 Å². The SMILES string of the molecule is CC.CC/C=C/CNC(=O)COCCC. The zero-order chi connectivity index (χ0) is 11.9. The number of allylic oxidation sites excluding steroid dienone is 1. The minimum Gasteiger partial charge on any atom is -0.372 e. The number of ether oxygens (including phenoxy) is 1. The molecular formula is C12H25NO2. The maximum Gasteiger partial charge on any atom is 0.246 e. The van der Waals surface area contributed by atoms with Gasteiger partial charge in [0.05, 0.1) is 0 Å². The van der Waals surface area contributed by atoms with Crippen LogP contribution in [-0.4, -0.2) is 25.7 Å². The Morgan fingerprint density at radius 2 is 1.93 bits per heavy atom. The van der Waals surface area contributed by atoms with Crippen LogP contribution >= 0.6 is 0 Å². The highest BCUT2D eigenvalue weighted by Crippen LogP contribution is 1.81. The third-order valence-electron chi connectivity index (χ3n) is 1.40. The molecule has 0 spiro atoms. The molecule has 0 aliphatic heterocycles. The van der Waals surface area contributed by atoms with Gasteiger partial charge in [0.15, 0.2) is 0 Å². The summed E-state index contributed by atoms with van der Waals surface area (Å²) < 4.78 is 5.07. The molecule has 0 bridgehead atoms. The van der Waals surface area contributed by atoms with Crippen molar-refractivity contribution in [3.63, 3.8) is 0 Å². The van der Waals surface area contributed by atoms with Gasteiger partial charge in [0.1, 0.15) is 6.61 Å². The van der Waals surface area contributed by atoms with E-state index in [0.717, 1.165) is 12.8 Å². The van der Waals surface area contributed by atoms with Crippen LogP contribution in [0.25, 0.3) is 0 Å². The van der Waals surface area contributed by atoms with E-state index in [2.05, 4.69) is 12.2 Å². The molecule has 3 nitrogen and oxygen atoms in total. The van der Waals surface area contributed by atoms with E-state index in [1.54, 1.807) is 0 Å². The molecule has 15 heavy (non-hydrogen) atoms. The second-order valence-electron chi connectivity index (χ2n) is 2.74. The van der Waals surface area contributed by atoms with Gasteiger partial charge in [-0.15, -0.1) is 0 Å². The number of hydrogen-bond donors (Lipinski definition) is 1. The molecule has 0 saturated carbocycles. The number of amides is 1. The third kappa shape index (κ3) is 15.9. The molecule has 90 valence electrons. The van der Waals surface area contributed by atoms with Crippen molar-refractivity contribution in [1.29, 1.82) is 0 Å². The fraction of sp³-hybridized carbons (Fsp3) is 0.750. The summed E-state index contributed by atoms with van der Waals surface area (Å²) >= 11 is 0. The Labute approximate surface area is 93.9 Å². The molecule has 0 saturated heterocycles. The van der Waals surface area contributed by atoms with Gasteiger partial charge in [0.2, 0.25) is 5.91 Å². The lowest BCUT2D eigenvalue weighted by atomic mass is 10.4. The Hall–Kier alpha value is -0.830. The maximum absolute atomic E-state index is 11.0. The third-order valence-corrected chi connectivity index (χ3v) is 1.40. The standard InChI is InChI=1S/C10H19NO2.C2H6/c1-3-5-6-7-11-10(12)9-13-8-4-2;1-2/h5-6H,3-4,7-9H2,1-2H3,(H,11,12);1-2H3/b6-5+;. The summed E-state index contributed by atoms with van der Waals surface area (Å²) in [6.07, 6.45) is 5.91. The highest BCUT2D eigenvalue weighted by molar-refractivity contribution is 5.77. The number of nitrogens with one attached hydrogen (secondary N) is 1. The van der Waals surface area contributed by atoms with Gasteiger partial charge in [-0.3, -0.25) is 4.79 Å². The number of carbonyl (C=O) groups excluding carboxylic acids is 1. The van der Waals surface area contributed by atoms with Gasteiger partial charge in [0.25, 0.3) is 0 Å². The van der Waals surface area contributed by atoms with E-state index in [0.29, 0.717) is 13.2 Å². The first-order valence-corrected chi connectivity index (χ1v) is 5.80. The highest BCUT2D eigenvalue weighted by Gasteiger charge is 1.97. The molecule has 0 aliphatic rings. The molecule has 1 amide bonds. The van der Waals surface area contributed by atoms with E-state index in [4.69, 9.17) is 4.74 Å². The summed E-state index contributed by atoms with van der Waals surface area (Å²) in [5.41, 5.74) is 0. The van der Waals surface area contributed by atoms with Gasteiger partial charge >= 0.3 is 0 Å². The zero-order valence-corrected chi connectivity index (χ0v) is 10.5. The normalized spacial score (nSPS) is 9.60. The summed E-state index contributed by atoms with van der Waals surface area (Å²) in [5, 5.41) is 2.73. The average molecular weight is 215 g/mol. The van der Waals surface area contributed by atoms with E-state index < -0.39 is 0 Å². The van der Waals surface area contributed by atoms with Crippen molar-refractivity contribution in [3.05, 3.63) is 12.2 Å². The minimum atomic E-state index is -0.0470. The van der Waals surface area contributed by atoms with Crippen molar-refractivity contribution in [1.82, 2.24) is 5.32 Å². The molecule has 0 heterocycles. The molecule has 0 aromatic carbocycles. The molecular weight excluding hydrogens is 190 g/mol. The van der Waals surface area contributed by atoms with Crippen LogP contribution in [0.15, 0.2) is 12.2 Å². The van der Waals surface area contributed by atoms with Crippen LogP contribution in [0.4, 0.5) is 0 Å². The van der Waals surface area contributed by atoms with Gasteiger partial charge < -0.3 is 10.1 Å². The zero-order valence-electron chi connectivity index (χ0n) is 10.5. The van der Waals surface area contributed by atoms with Crippen molar-refractivity contribution in [2.75, 3.05) is 19.8 Å². The molecule has 0 unspecified atom stereocenters. The van der Waals surface area contributed by atoms with E-state index >= 15 is 0 Å². The molecule has 0 fully saturated rings. The predicted molar refractivity (Wildman–Crippen MR) is 64.9 cm³/mol. The molecule has 0 aromatic rings. The van der Waals surface area contributed by atoms with Crippen LogP contribution in [0.5, 0.6) is 0 Å². The van der Waals surface area contributed by atoms with Gasteiger partial charge in [0, 0.05) is 13.2 Å². The van der Waals surface area contributed by atoms with Crippen LogP contribution < -0.4 is 5.32 Å². The molecule has 0 aromatic heterocycles. The Kier molecular flexibility index (Phi) is 17.3. The summed E-state index contributed by atoms with van der Waals surface area (Å²) in [6.45, 7) is 9.50. The van der Waals surface area contributed by atoms with Gasteiger partial charge in [-0.1, -0.05) is 39.8 Å². The molecule has 0 rings (SSSR count). The van der Waals surface area contributed by atoms with Crippen molar-refractivity contribution < 1.29 is 9.53 Å². The van der Waals surface area contributed by atoms with E-state index in [-0.39, 0.29) is 12.5 Å². The predicted octanol–water partition coefficient (Wildman–Crippen LogP) is 2.52. The lowest BCUT2D eigenvalue weighted by molar-refractivity contribution is -0.125. The molecule has 0 aliphatic carbocycles. The first-order chi connectivity index (χ1) is 7.31. The van der Waals surface area contributed by atoms with Crippen molar-refractivity contribution in [2.45, 2.75) is 40.5 Å². The first kappa shape index (κ1) is 16.6. The lowest BCUT2D eigenvalue weighted by Crippen LogP contribution is -2.27. The van der Waals surface area contributed by atoms with Gasteiger partial charge in [-0.25, -0.2) is 0 Å². The van der Waals surface area contributed by atoms with E-state index in [1.165, 1.54) is 0 Å². The second kappa shape index (κ2) is 15.6. The largest absolute Gasteiger partial charge is 0.372 e. The van der Waals surface area contributed by atoms with Gasteiger partial charge in [-0.05, 0) is 12.8 Å². The maximum atomic E-state index is 11.0. The molecule has 1 N–H and O–H groups in total. The molecule has 0 radical (unpaired) electrons. The Morgan fingerprint density at radius 1 is 1.27 bits per heavy atom. The Balaban J connectivity index is 0. The first-order valence-electron chi connectivity index (χ1n) is 5.80. The fourth-order valence-electron chi connectivity index (χ4n) is 0.783. The molecule has 3 heteroatoms. The van der Waals surface area contributed by atoms with Crippen molar-refractivity contribution >= 4 is 5.91 Å². The Bertz CT molecular complexity index is 156. The van der Waals surface area contributed by atoms with Crippen LogP contribution in [0.3, 0.4) is 0 Å². The number of rotatable bonds is 7. The topological polar surface area (TPSA) is 38.3 Å². The van der Waals surface area contributed by atoms with Crippen molar-refractivity contribution in [2.24, 2.45) is 0 Å². The number of carbonyl (C=O) groups is 1. The highest BCUT2D eigenvalue weighted by atomic mass is 16.5. The quantitative estimate of drug-likeness (QED) is 0.523. The van der Waals surface area contributed by atoms with Crippen LogP contribution in [0, 0.1) is 0 Å². The monoisotopic (exact) mass is 215 g/mol. The van der Waals surface area contributed by atoms with E-state index in [9.17, 15) is 4.79 Å². The Morgan fingerprint density at radius 3 is 2.47 bits per heavy atom. The average Bonchev–Trinajstić information content (AvgIpc) is 2.28. The lowest BCUT2D eigenvalue weighted by Gasteiger charge is -2.02. The van der Waals surface area contributed by atoms with Crippen LogP contribution in [0.2, 0.25) is 0 Å². The summed E-state index contributed by atoms with van der Waals surface area (Å²) in [5.74, 6) is -0.0470. The number of hydrogen-bond acceptors (Lipinski definition) is 2. The fourth-order valence-corrected chi connectivity index (χ4v) is 0.783.